The summed E-state index contributed by atoms with van der Waals surface area (Å²) < 4.78 is 0. The average Bonchev–Trinajstić information content (AvgIpc) is 3.01. The van der Waals surface area contributed by atoms with Crippen LogP contribution in [0.4, 0.5) is 5.95 Å². The van der Waals surface area contributed by atoms with Crippen LogP contribution in [0.2, 0.25) is 0 Å². The summed E-state index contributed by atoms with van der Waals surface area (Å²) in [5.41, 5.74) is 0.926. The van der Waals surface area contributed by atoms with Crippen LogP contribution in [-0.4, -0.2) is 33.5 Å². The summed E-state index contributed by atoms with van der Waals surface area (Å²) in [7, 11) is 0. The van der Waals surface area contributed by atoms with Crippen molar-refractivity contribution in [2.45, 2.75) is 12.8 Å². The van der Waals surface area contributed by atoms with E-state index in [9.17, 15) is 0 Å². The minimum Gasteiger partial charge on any atom is -0.338 e. The van der Waals surface area contributed by atoms with Crippen molar-refractivity contribution < 1.29 is 0 Å². The van der Waals surface area contributed by atoms with Gasteiger partial charge in [0.2, 0.25) is 5.82 Å². The predicted octanol–water partition coefficient (Wildman–Crippen LogP) is 1.27. The molecule has 1 fully saturated rings. The molecule has 0 aliphatic carbocycles. The van der Waals surface area contributed by atoms with Crippen molar-refractivity contribution in [3.63, 3.8) is 0 Å². The summed E-state index contributed by atoms with van der Waals surface area (Å²) in [5, 5.41) is 16.1. The van der Waals surface area contributed by atoms with Gasteiger partial charge in [-0.2, -0.15) is 0 Å². The molecule has 0 atom stereocenters. The number of aromatic nitrogens is 4. The van der Waals surface area contributed by atoms with E-state index >= 15 is 0 Å². The maximum atomic E-state index is 4.07. The molecule has 94 valence electrons. The van der Waals surface area contributed by atoms with Crippen LogP contribution < -0.4 is 4.90 Å². The van der Waals surface area contributed by atoms with Gasteiger partial charge in [-0.25, -0.2) is 0 Å². The zero-order chi connectivity index (χ0) is 12.9. The fraction of sp³-hybridized carbons (Fsp3) is 0.286. The number of anilines is 1. The Morgan fingerprint density at radius 3 is 2.21 bits per heavy atom. The summed E-state index contributed by atoms with van der Waals surface area (Å²) in [6.07, 6.45) is 2.36. The molecule has 1 aromatic carbocycles. The first-order chi connectivity index (χ1) is 9.42. The minimum atomic E-state index is 0.354. The van der Waals surface area contributed by atoms with E-state index in [-0.39, 0.29) is 0 Å². The first kappa shape index (κ1) is 11.6. The third-order valence-electron chi connectivity index (χ3n) is 2.95. The zero-order valence-corrected chi connectivity index (χ0v) is 10.5. The lowest BCUT2D eigenvalue weighted by Crippen LogP contribution is -2.21. The van der Waals surface area contributed by atoms with Crippen LogP contribution in [0.25, 0.3) is 0 Å². The monoisotopic (exact) mass is 251 g/mol. The average molecular weight is 251 g/mol. The maximum absolute atomic E-state index is 4.07. The van der Waals surface area contributed by atoms with Gasteiger partial charge in [-0.3, -0.25) is 0 Å². The van der Waals surface area contributed by atoms with E-state index in [1.807, 2.05) is 30.3 Å². The molecule has 2 aromatic rings. The molecular formula is C14H13N5. The van der Waals surface area contributed by atoms with Gasteiger partial charge in [-0.1, -0.05) is 24.1 Å². The van der Waals surface area contributed by atoms with Crippen LogP contribution in [0.3, 0.4) is 0 Å². The van der Waals surface area contributed by atoms with Gasteiger partial charge in [0.15, 0.2) is 0 Å². The molecule has 0 N–H and O–H groups in total. The van der Waals surface area contributed by atoms with Gasteiger partial charge in [0.25, 0.3) is 5.95 Å². The van der Waals surface area contributed by atoms with Crippen LogP contribution in [0.15, 0.2) is 30.3 Å². The first-order valence-corrected chi connectivity index (χ1v) is 6.31. The van der Waals surface area contributed by atoms with Crippen molar-refractivity contribution in [1.82, 2.24) is 20.4 Å². The van der Waals surface area contributed by atoms with E-state index in [1.54, 1.807) is 0 Å². The first-order valence-electron chi connectivity index (χ1n) is 6.31. The predicted molar refractivity (Wildman–Crippen MR) is 71.5 cm³/mol. The molecular weight excluding hydrogens is 238 g/mol. The Bertz CT molecular complexity index is 591. The molecule has 0 unspecified atom stereocenters. The van der Waals surface area contributed by atoms with Gasteiger partial charge in [-0.15, -0.1) is 20.4 Å². The van der Waals surface area contributed by atoms with Crippen molar-refractivity contribution >= 4 is 5.95 Å². The Hall–Kier alpha value is -2.48. The molecule has 0 saturated carbocycles. The molecule has 5 heteroatoms. The van der Waals surface area contributed by atoms with Crippen molar-refractivity contribution in [2.24, 2.45) is 0 Å². The third kappa shape index (κ3) is 2.86. The Morgan fingerprint density at radius 2 is 1.53 bits per heavy atom. The number of hydrogen-bond acceptors (Lipinski definition) is 5. The Balaban J connectivity index is 1.74. The molecule has 19 heavy (non-hydrogen) atoms. The summed E-state index contributed by atoms with van der Waals surface area (Å²) in [6.45, 7) is 1.97. The fourth-order valence-electron chi connectivity index (χ4n) is 1.97. The van der Waals surface area contributed by atoms with E-state index in [0.717, 1.165) is 18.7 Å². The van der Waals surface area contributed by atoms with E-state index in [4.69, 9.17) is 0 Å². The van der Waals surface area contributed by atoms with Gasteiger partial charge in [0.05, 0.1) is 0 Å². The van der Waals surface area contributed by atoms with Gasteiger partial charge < -0.3 is 4.90 Å². The SMILES string of the molecule is C(#Cc1nnc(N2CCCC2)nn1)c1ccccc1. The number of benzene rings is 1. The van der Waals surface area contributed by atoms with E-state index < -0.39 is 0 Å². The highest BCUT2D eigenvalue weighted by molar-refractivity contribution is 5.37. The van der Waals surface area contributed by atoms with Crippen molar-refractivity contribution in [3.8, 4) is 11.8 Å². The second kappa shape index (κ2) is 5.44. The van der Waals surface area contributed by atoms with E-state index in [1.165, 1.54) is 12.8 Å². The van der Waals surface area contributed by atoms with Crippen LogP contribution in [-0.2, 0) is 0 Å². The van der Waals surface area contributed by atoms with Crippen LogP contribution in [0.5, 0.6) is 0 Å². The van der Waals surface area contributed by atoms with E-state index in [0.29, 0.717) is 11.8 Å². The van der Waals surface area contributed by atoms with Crippen molar-refractivity contribution in [1.29, 1.82) is 0 Å². The van der Waals surface area contributed by atoms with Gasteiger partial charge in [-0.05, 0) is 30.9 Å². The van der Waals surface area contributed by atoms with Crippen LogP contribution >= 0.6 is 0 Å². The van der Waals surface area contributed by atoms with Gasteiger partial charge in [0, 0.05) is 18.7 Å². The molecule has 5 nitrogen and oxygen atoms in total. The fourth-order valence-corrected chi connectivity index (χ4v) is 1.97. The van der Waals surface area contributed by atoms with Crippen molar-refractivity contribution in [3.05, 3.63) is 41.7 Å². The highest BCUT2D eigenvalue weighted by Crippen LogP contribution is 2.12. The zero-order valence-electron chi connectivity index (χ0n) is 10.5. The second-order valence-electron chi connectivity index (χ2n) is 4.33. The maximum Gasteiger partial charge on any atom is 0.264 e. The Morgan fingerprint density at radius 1 is 0.842 bits per heavy atom. The topological polar surface area (TPSA) is 54.8 Å². The second-order valence-corrected chi connectivity index (χ2v) is 4.33. The normalized spacial score (nSPS) is 14.0. The molecule has 1 aliphatic rings. The molecule has 2 heterocycles. The quantitative estimate of drug-likeness (QED) is 0.714. The van der Waals surface area contributed by atoms with Crippen molar-refractivity contribution in [2.75, 3.05) is 18.0 Å². The number of nitrogens with zero attached hydrogens (tertiary/aromatic N) is 5. The summed E-state index contributed by atoms with van der Waals surface area (Å²) in [5.74, 6) is 6.80. The standard InChI is InChI=1S/C14H13N5/c1-2-6-12(7-3-1)8-9-13-15-17-14(18-16-13)19-10-4-5-11-19/h1-3,6-7H,4-5,10-11H2. The molecule has 0 amide bonds. The Labute approximate surface area is 111 Å². The Kier molecular flexibility index (Phi) is 3.32. The largest absolute Gasteiger partial charge is 0.338 e. The molecule has 0 spiro atoms. The summed E-state index contributed by atoms with van der Waals surface area (Å²) in [6, 6.07) is 9.71. The van der Waals surface area contributed by atoms with Crippen LogP contribution in [0, 0.1) is 11.8 Å². The molecule has 3 rings (SSSR count). The lowest BCUT2D eigenvalue weighted by Gasteiger charge is -2.12. The molecule has 1 aliphatic heterocycles. The lowest BCUT2D eigenvalue weighted by atomic mass is 10.2. The molecule has 0 bridgehead atoms. The molecule has 1 aromatic heterocycles. The molecule has 1 saturated heterocycles. The van der Waals surface area contributed by atoms with E-state index in [2.05, 4.69) is 37.1 Å². The third-order valence-corrected chi connectivity index (χ3v) is 2.95. The highest BCUT2D eigenvalue weighted by atomic mass is 15.4. The number of hydrogen-bond donors (Lipinski definition) is 0. The van der Waals surface area contributed by atoms with Gasteiger partial charge in [0.1, 0.15) is 0 Å². The lowest BCUT2D eigenvalue weighted by molar-refractivity contribution is 0.779. The number of rotatable bonds is 1. The highest BCUT2D eigenvalue weighted by Gasteiger charge is 2.15. The smallest absolute Gasteiger partial charge is 0.264 e. The van der Waals surface area contributed by atoms with Gasteiger partial charge >= 0.3 is 0 Å². The summed E-state index contributed by atoms with van der Waals surface area (Å²) >= 11 is 0. The van der Waals surface area contributed by atoms with Crippen LogP contribution in [0.1, 0.15) is 24.2 Å². The summed E-state index contributed by atoms with van der Waals surface area (Å²) in [4.78, 5) is 2.09. The minimum absolute atomic E-state index is 0.354. The molecule has 0 radical (unpaired) electrons.